The van der Waals surface area contributed by atoms with Crippen molar-refractivity contribution in [3.05, 3.63) is 39.3 Å². The van der Waals surface area contributed by atoms with Gasteiger partial charge in [0.1, 0.15) is 0 Å². The topological polar surface area (TPSA) is 62.7 Å². The molecule has 0 saturated heterocycles. The molecular formula is C14H19ClN4OS. The Morgan fingerprint density at radius 2 is 2.24 bits per heavy atom. The summed E-state index contributed by atoms with van der Waals surface area (Å²) >= 11 is 7.74. The molecule has 0 saturated carbocycles. The Balaban J connectivity index is 2.20. The first-order valence-electron chi connectivity index (χ1n) is 6.76. The molecule has 0 aliphatic rings. The lowest BCUT2D eigenvalue weighted by molar-refractivity contribution is 0.550. The van der Waals surface area contributed by atoms with Crippen LogP contribution < -0.4 is 11.0 Å². The van der Waals surface area contributed by atoms with Crippen molar-refractivity contribution in [1.29, 1.82) is 0 Å². The third kappa shape index (κ3) is 4.12. The van der Waals surface area contributed by atoms with E-state index in [1.165, 1.54) is 16.3 Å². The van der Waals surface area contributed by atoms with E-state index in [0.29, 0.717) is 17.6 Å². The van der Waals surface area contributed by atoms with Crippen molar-refractivity contribution in [1.82, 2.24) is 20.1 Å². The number of H-pyrrole nitrogens is 1. The van der Waals surface area contributed by atoms with Crippen LogP contribution in [0.2, 0.25) is 5.02 Å². The van der Waals surface area contributed by atoms with Crippen molar-refractivity contribution in [3.8, 4) is 0 Å². The SMILES string of the molecule is CC(C)CNCc1c(Cl)cccc1Sc1n[nH]c(=O)n1C. The maximum absolute atomic E-state index is 11.4. The number of aromatic amines is 1. The van der Waals surface area contributed by atoms with Gasteiger partial charge >= 0.3 is 5.69 Å². The molecule has 7 heteroatoms. The van der Waals surface area contributed by atoms with Crippen molar-refractivity contribution >= 4 is 23.4 Å². The fraction of sp³-hybridized carbons (Fsp3) is 0.429. The van der Waals surface area contributed by atoms with Crippen molar-refractivity contribution in [2.75, 3.05) is 6.54 Å². The Morgan fingerprint density at radius 3 is 2.86 bits per heavy atom. The van der Waals surface area contributed by atoms with Gasteiger partial charge in [0.2, 0.25) is 0 Å². The number of rotatable bonds is 6. The van der Waals surface area contributed by atoms with Gasteiger partial charge in [-0.25, -0.2) is 9.89 Å². The summed E-state index contributed by atoms with van der Waals surface area (Å²) in [5.74, 6) is 0.579. The van der Waals surface area contributed by atoms with Crippen LogP contribution in [0.5, 0.6) is 0 Å². The second-order valence-electron chi connectivity index (χ2n) is 5.21. The highest BCUT2D eigenvalue weighted by molar-refractivity contribution is 7.99. The number of aromatic nitrogens is 3. The summed E-state index contributed by atoms with van der Waals surface area (Å²) < 4.78 is 1.48. The molecular weight excluding hydrogens is 308 g/mol. The summed E-state index contributed by atoms with van der Waals surface area (Å²) in [6, 6.07) is 5.77. The Kier molecular flexibility index (Phi) is 5.50. The van der Waals surface area contributed by atoms with Gasteiger partial charge in [-0.3, -0.25) is 4.57 Å². The highest BCUT2D eigenvalue weighted by atomic mass is 35.5. The highest BCUT2D eigenvalue weighted by Crippen LogP contribution is 2.32. The van der Waals surface area contributed by atoms with Crippen LogP contribution in [-0.2, 0) is 13.6 Å². The molecule has 2 N–H and O–H groups in total. The average molecular weight is 327 g/mol. The highest BCUT2D eigenvalue weighted by Gasteiger charge is 2.12. The van der Waals surface area contributed by atoms with E-state index in [-0.39, 0.29) is 5.69 Å². The molecule has 0 amide bonds. The van der Waals surface area contributed by atoms with Crippen LogP contribution in [0.1, 0.15) is 19.4 Å². The van der Waals surface area contributed by atoms with Gasteiger partial charge < -0.3 is 5.32 Å². The van der Waals surface area contributed by atoms with Crippen LogP contribution in [0.15, 0.2) is 33.0 Å². The summed E-state index contributed by atoms with van der Waals surface area (Å²) in [6.07, 6.45) is 0. The second-order valence-corrected chi connectivity index (χ2v) is 6.63. The Morgan fingerprint density at radius 1 is 1.48 bits per heavy atom. The molecule has 21 heavy (non-hydrogen) atoms. The molecule has 1 aromatic carbocycles. The molecule has 2 rings (SSSR count). The molecule has 1 aromatic heterocycles. The van der Waals surface area contributed by atoms with E-state index in [0.717, 1.165) is 22.0 Å². The van der Waals surface area contributed by atoms with E-state index >= 15 is 0 Å². The first-order chi connectivity index (χ1) is 9.99. The van der Waals surface area contributed by atoms with E-state index in [2.05, 4.69) is 29.4 Å². The standard InChI is InChI=1S/C14H19ClN4OS/c1-9(2)7-16-8-10-11(15)5-4-6-12(10)21-14-18-17-13(20)19(14)3/h4-6,9,16H,7-8H2,1-3H3,(H,17,20). The molecule has 1 heterocycles. The average Bonchev–Trinajstić information content (AvgIpc) is 2.73. The van der Waals surface area contributed by atoms with Crippen LogP contribution in [0.3, 0.4) is 0 Å². The van der Waals surface area contributed by atoms with Crippen LogP contribution in [0, 0.1) is 5.92 Å². The van der Waals surface area contributed by atoms with Gasteiger partial charge in [0.15, 0.2) is 5.16 Å². The lowest BCUT2D eigenvalue weighted by Crippen LogP contribution is -2.19. The first-order valence-corrected chi connectivity index (χ1v) is 7.96. The zero-order valence-corrected chi connectivity index (χ0v) is 13.9. The summed E-state index contributed by atoms with van der Waals surface area (Å²) in [5, 5.41) is 11.2. The Bertz CT molecular complexity index is 665. The van der Waals surface area contributed by atoms with Gasteiger partial charge in [-0.2, -0.15) is 0 Å². The van der Waals surface area contributed by atoms with E-state index in [9.17, 15) is 4.79 Å². The molecule has 0 fully saturated rings. The number of hydrogen-bond acceptors (Lipinski definition) is 4. The quantitative estimate of drug-likeness (QED) is 0.856. The maximum atomic E-state index is 11.4. The molecule has 114 valence electrons. The third-order valence-electron chi connectivity index (χ3n) is 2.97. The van der Waals surface area contributed by atoms with Crippen LogP contribution >= 0.6 is 23.4 Å². The molecule has 0 aliphatic heterocycles. The molecule has 2 aromatic rings. The Labute approximate surface area is 133 Å². The van der Waals surface area contributed by atoms with E-state index in [4.69, 9.17) is 11.6 Å². The summed E-state index contributed by atoms with van der Waals surface area (Å²) in [4.78, 5) is 12.4. The van der Waals surface area contributed by atoms with E-state index in [1.807, 2.05) is 18.2 Å². The van der Waals surface area contributed by atoms with Gasteiger partial charge in [-0.1, -0.05) is 31.5 Å². The predicted octanol–water partition coefficient (Wildman–Crippen LogP) is 2.66. The van der Waals surface area contributed by atoms with Crippen molar-refractivity contribution in [3.63, 3.8) is 0 Å². The molecule has 0 spiro atoms. The third-order valence-corrected chi connectivity index (χ3v) is 4.47. The molecule has 0 radical (unpaired) electrons. The minimum absolute atomic E-state index is 0.223. The Hall–Kier alpha value is -1.24. The van der Waals surface area contributed by atoms with Crippen LogP contribution in [-0.4, -0.2) is 21.3 Å². The van der Waals surface area contributed by atoms with Crippen molar-refractivity contribution < 1.29 is 0 Å². The predicted molar refractivity (Wildman–Crippen MR) is 85.9 cm³/mol. The van der Waals surface area contributed by atoms with Gasteiger partial charge in [0.05, 0.1) is 0 Å². The minimum Gasteiger partial charge on any atom is -0.312 e. The molecule has 0 atom stereocenters. The zero-order chi connectivity index (χ0) is 15.4. The van der Waals surface area contributed by atoms with Crippen LogP contribution in [0.25, 0.3) is 0 Å². The van der Waals surface area contributed by atoms with Crippen LogP contribution in [0.4, 0.5) is 0 Å². The second kappa shape index (κ2) is 7.15. The zero-order valence-electron chi connectivity index (χ0n) is 12.3. The smallest absolute Gasteiger partial charge is 0.312 e. The molecule has 0 aliphatic carbocycles. The molecule has 5 nitrogen and oxygen atoms in total. The van der Waals surface area contributed by atoms with E-state index in [1.54, 1.807) is 7.05 Å². The summed E-state index contributed by atoms with van der Waals surface area (Å²) in [7, 11) is 1.69. The first kappa shape index (κ1) is 16.1. The largest absolute Gasteiger partial charge is 0.343 e. The lowest BCUT2D eigenvalue weighted by atomic mass is 10.2. The van der Waals surface area contributed by atoms with Crippen molar-refractivity contribution in [2.24, 2.45) is 13.0 Å². The van der Waals surface area contributed by atoms with E-state index < -0.39 is 0 Å². The molecule has 0 bridgehead atoms. The fourth-order valence-corrected chi connectivity index (χ4v) is 3.07. The normalized spacial score (nSPS) is 11.3. The van der Waals surface area contributed by atoms with Crippen molar-refractivity contribution in [2.45, 2.75) is 30.4 Å². The van der Waals surface area contributed by atoms with Gasteiger partial charge in [0, 0.05) is 23.5 Å². The number of nitrogens with zero attached hydrogens (tertiary/aromatic N) is 2. The number of halogens is 1. The van der Waals surface area contributed by atoms with Gasteiger partial charge in [-0.15, -0.1) is 5.10 Å². The summed E-state index contributed by atoms with van der Waals surface area (Å²) in [5.41, 5.74) is 0.805. The summed E-state index contributed by atoms with van der Waals surface area (Å²) in [6.45, 7) is 5.94. The minimum atomic E-state index is -0.223. The van der Waals surface area contributed by atoms with Gasteiger partial charge in [0.25, 0.3) is 0 Å². The lowest BCUT2D eigenvalue weighted by Gasteiger charge is -2.12. The number of benzene rings is 1. The number of nitrogens with one attached hydrogen (secondary N) is 2. The fourth-order valence-electron chi connectivity index (χ4n) is 1.81. The molecule has 0 unspecified atom stereocenters. The number of hydrogen-bond donors (Lipinski definition) is 2. The van der Waals surface area contributed by atoms with Gasteiger partial charge in [-0.05, 0) is 41.9 Å². The maximum Gasteiger partial charge on any atom is 0.343 e. The monoisotopic (exact) mass is 326 g/mol.